The van der Waals surface area contributed by atoms with Gasteiger partial charge in [-0.25, -0.2) is 4.98 Å². The maximum Gasteiger partial charge on any atom is 0.191 e. The van der Waals surface area contributed by atoms with Crippen LogP contribution in [0.5, 0.6) is 0 Å². The van der Waals surface area contributed by atoms with Gasteiger partial charge in [-0.05, 0) is 30.6 Å². The van der Waals surface area contributed by atoms with Crippen LogP contribution in [0.1, 0.15) is 45.4 Å². The van der Waals surface area contributed by atoms with Crippen molar-refractivity contribution in [2.45, 2.75) is 46.1 Å². The molecule has 1 heterocycles. The summed E-state index contributed by atoms with van der Waals surface area (Å²) in [6, 6.07) is 0. The van der Waals surface area contributed by atoms with Crippen molar-refractivity contribution < 1.29 is 0 Å². The van der Waals surface area contributed by atoms with Gasteiger partial charge in [0, 0.05) is 20.6 Å². The second-order valence-corrected chi connectivity index (χ2v) is 6.53. The highest BCUT2D eigenvalue weighted by molar-refractivity contribution is 5.79. The summed E-state index contributed by atoms with van der Waals surface area (Å²) in [4.78, 5) is 8.50. The lowest BCUT2D eigenvalue weighted by molar-refractivity contribution is 0.104. The molecule has 0 bridgehead atoms. The molecule has 6 heteroatoms. The molecular formula is C15H28N6. The largest absolute Gasteiger partial charge is 0.356 e. The van der Waals surface area contributed by atoms with Crippen LogP contribution in [-0.2, 0) is 13.6 Å². The molecule has 0 unspecified atom stereocenters. The Morgan fingerprint density at radius 2 is 2.19 bits per heavy atom. The Labute approximate surface area is 127 Å². The number of aryl methyl sites for hydroxylation is 1. The Hall–Kier alpha value is -1.59. The van der Waals surface area contributed by atoms with E-state index in [4.69, 9.17) is 0 Å². The van der Waals surface area contributed by atoms with Crippen LogP contribution in [0.4, 0.5) is 0 Å². The fraction of sp³-hybridized carbons (Fsp3) is 0.800. The fourth-order valence-corrected chi connectivity index (χ4v) is 3.13. The predicted octanol–water partition coefficient (Wildman–Crippen LogP) is 1.70. The van der Waals surface area contributed by atoms with Gasteiger partial charge in [0.1, 0.15) is 12.2 Å². The number of rotatable bonds is 6. The van der Waals surface area contributed by atoms with Gasteiger partial charge in [0.15, 0.2) is 5.96 Å². The normalized spacial score (nSPS) is 17.7. The molecule has 1 fully saturated rings. The van der Waals surface area contributed by atoms with Crippen LogP contribution >= 0.6 is 0 Å². The zero-order valence-electron chi connectivity index (χ0n) is 13.7. The van der Waals surface area contributed by atoms with E-state index in [1.165, 1.54) is 25.7 Å². The number of hydrogen-bond acceptors (Lipinski definition) is 3. The molecule has 2 N–H and O–H groups in total. The first-order valence-electron chi connectivity index (χ1n) is 7.82. The Bertz CT molecular complexity index is 472. The van der Waals surface area contributed by atoms with Crippen molar-refractivity contribution in [1.82, 2.24) is 25.4 Å². The molecule has 0 atom stereocenters. The van der Waals surface area contributed by atoms with Gasteiger partial charge in [0.05, 0.1) is 6.54 Å². The average Bonchev–Trinajstić information content (AvgIpc) is 2.80. The highest BCUT2D eigenvalue weighted by Gasteiger charge is 2.37. The van der Waals surface area contributed by atoms with E-state index in [0.29, 0.717) is 12.0 Å². The van der Waals surface area contributed by atoms with Gasteiger partial charge in [-0.3, -0.25) is 9.67 Å². The SMILES string of the molecule is CN=C(NCc1ncnn1C)NCC1(CC(C)C)CCC1. The molecule has 0 aromatic carbocycles. The second kappa shape index (κ2) is 6.91. The van der Waals surface area contributed by atoms with Gasteiger partial charge >= 0.3 is 0 Å². The first-order chi connectivity index (χ1) is 10.0. The highest BCUT2D eigenvalue weighted by atomic mass is 15.3. The van der Waals surface area contributed by atoms with Crippen LogP contribution in [0, 0.1) is 11.3 Å². The summed E-state index contributed by atoms with van der Waals surface area (Å²) in [6.07, 6.45) is 6.88. The van der Waals surface area contributed by atoms with Crippen molar-refractivity contribution >= 4 is 5.96 Å². The Morgan fingerprint density at radius 1 is 1.43 bits per heavy atom. The van der Waals surface area contributed by atoms with Gasteiger partial charge in [0.25, 0.3) is 0 Å². The Kier molecular flexibility index (Phi) is 5.20. The molecule has 1 saturated carbocycles. The topological polar surface area (TPSA) is 67.1 Å². The number of guanidine groups is 1. The smallest absolute Gasteiger partial charge is 0.191 e. The maximum absolute atomic E-state index is 4.29. The first-order valence-corrected chi connectivity index (χ1v) is 7.82. The standard InChI is InChI=1S/C15H28N6/c1-12(2)8-15(6-5-7-15)10-18-14(16-3)17-9-13-19-11-20-21(13)4/h11-12H,5-10H2,1-4H3,(H2,16,17,18). The number of nitrogens with zero attached hydrogens (tertiary/aromatic N) is 4. The quantitative estimate of drug-likeness (QED) is 0.618. The number of hydrogen-bond donors (Lipinski definition) is 2. The van der Waals surface area contributed by atoms with E-state index in [9.17, 15) is 0 Å². The summed E-state index contributed by atoms with van der Waals surface area (Å²) in [5, 5.41) is 10.8. The monoisotopic (exact) mass is 292 g/mol. The minimum absolute atomic E-state index is 0.469. The third kappa shape index (κ3) is 4.19. The van der Waals surface area contributed by atoms with Crippen molar-refractivity contribution in [1.29, 1.82) is 0 Å². The minimum Gasteiger partial charge on any atom is -0.356 e. The molecule has 0 radical (unpaired) electrons. The van der Waals surface area contributed by atoms with E-state index < -0.39 is 0 Å². The van der Waals surface area contributed by atoms with Crippen LogP contribution in [-0.4, -0.2) is 34.3 Å². The molecule has 118 valence electrons. The molecule has 1 aromatic rings. The first kappa shape index (κ1) is 15.8. The second-order valence-electron chi connectivity index (χ2n) is 6.53. The molecule has 0 spiro atoms. The van der Waals surface area contributed by atoms with Crippen molar-refractivity contribution in [2.75, 3.05) is 13.6 Å². The number of nitrogens with one attached hydrogen (secondary N) is 2. The van der Waals surface area contributed by atoms with Crippen LogP contribution in [0.25, 0.3) is 0 Å². The van der Waals surface area contributed by atoms with E-state index in [-0.39, 0.29) is 0 Å². The molecular weight excluding hydrogens is 264 g/mol. The van der Waals surface area contributed by atoms with Crippen LogP contribution in [0.15, 0.2) is 11.3 Å². The molecule has 1 aliphatic rings. The summed E-state index contributed by atoms with van der Waals surface area (Å²) in [6.45, 7) is 6.25. The summed E-state index contributed by atoms with van der Waals surface area (Å²) in [7, 11) is 3.70. The Morgan fingerprint density at radius 3 is 2.67 bits per heavy atom. The van der Waals surface area contributed by atoms with Gasteiger partial charge < -0.3 is 10.6 Å². The van der Waals surface area contributed by atoms with E-state index in [1.54, 1.807) is 11.0 Å². The molecule has 6 nitrogen and oxygen atoms in total. The zero-order chi connectivity index (χ0) is 15.3. The molecule has 2 rings (SSSR count). The zero-order valence-corrected chi connectivity index (χ0v) is 13.7. The molecule has 0 saturated heterocycles. The third-order valence-corrected chi connectivity index (χ3v) is 4.33. The average molecular weight is 292 g/mol. The van der Waals surface area contributed by atoms with E-state index >= 15 is 0 Å². The van der Waals surface area contributed by atoms with E-state index in [0.717, 1.165) is 24.2 Å². The number of aromatic nitrogens is 3. The van der Waals surface area contributed by atoms with Crippen molar-refractivity contribution in [3.8, 4) is 0 Å². The molecule has 21 heavy (non-hydrogen) atoms. The van der Waals surface area contributed by atoms with Crippen LogP contribution in [0.3, 0.4) is 0 Å². The lowest BCUT2D eigenvalue weighted by atomic mass is 9.64. The van der Waals surface area contributed by atoms with Gasteiger partial charge in [-0.15, -0.1) is 0 Å². The molecule has 0 amide bonds. The predicted molar refractivity (Wildman–Crippen MR) is 84.9 cm³/mol. The summed E-state index contributed by atoms with van der Waals surface area (Å²) in [5.41, 5.74) is 0.469. The van der Waals surface area contributed by atoms with E-state index in [1.807, 2.05) is 14.1 Å². The minimum atomic E-state index is 0.469. The fourth-order valence-electron chi connectivity index (χ4n) is 3.13. The van der Waals surface area contributed by atoms with Gasteiger partial charge in [0.2, 0.25) is 0 Å². The maximum atomic E-state index is 4.29. The number of aliphatic imine (C=N–C) groups is 1. The Balaban J connectivity index is 1.81. The molecule has 1 aromatic heterocycles. The molecule has 1 aliphatic carbocycles. The van der Waals surface area contributed by atoms with Crippen LogP contribution < -0.4 is 10.6 Å². The van der Waals surface area contributed by atoms with Crippen LogP contribution in [0.2, 0.25) is 0 Å². The third-order valence-electron chi connectivity index (χ3n) is 4.33. The van der Waals surface area contributed by atoms with E-state index in [2.05, 4.69) is 39.6 Å². The summed E-state index contributed by atoms with van der Waals surface area (Å²) in [5.74, 6) is 2.49. The van der Waals surface area contributed by atoms with Crippen molar-refractivity contribution in [3.63, 3.8) is 0 Å². The van der Waals surface area contributed by atoms with Gasteiger partial charge in [-0.1, -0.05) is 20.3 Å². The lowest BCUT2D eigenvalue weighted by Gasteiger charge is -2.43. The van der Waals surface area contributed by atoms with Crippen molar-refractivity contribution in [3.05, 3.63) is 12.2 Å². The lowest BCUT2D eigenvalue weighted by Crippen LogP contribution is -2.46. The van der Waals surface area contributed by atoms with Gasteiger partial charge in [-0.2, -0.15) is 5.10 Å². The van der Waals surface area contributed by atoms with Crippen molar-refractivity contribution in [2.24, 2.45) is 23.4 Å². The highest BCUT2D eigenvalue weighted by Crippen LogP contribution is 2.45. The summed E-state index contributed by atoms with van der Waals surface area (Å²) >= 11 is 0. The summed E-state index contributed by atoms with van der Waals surface area (Å²) < 4.78 is 1.77. The molecule has 0 aliphatic heterocycles.